The van der Waals surface area contributed by atoms with E-state index >= 15 is 0 Å². The molecule has 4 atom stereocenters. The summed E-state index contributed by atoms with van der Waals surface area (Å²) in [5.74, 6) is -0.561. The molecule has 11 heteroatoms. The highest BCUT2D eigenvalue weighted by molar-refractivity contribution is 7.87. The van der Waals surface area contributed by atoms with Gasteiger partial charge in [0.2, 0.25) is 0 Å². The second-order valence-electron chi connectivity index (χ2n) is 5.46. The van der Waals surface area contributed by atoms with E-state index in [-0.39, 0.29) is 6.61 Å². The highest BCUT2D eigenvalue weighted by atomic mass is 32.2. The van der Waals surface area contributed by atoms with Crippen LogP contribution >= 0.6 is 0 Å². The molecule has 144 valence electrons. The lowest BCUT2D eigenvalue weighted by Crippen LogP contribution is -2.49. The third-order valence-electron chi connectivity index (χ3n) is 3.70. The molecule has 0 spiro atoms. The fourth-order valence-electron chi connectivity index (χ4n) is 2.49. The maximum atomic E-state index is 12.7. The number of ether oxygens (including phenoxy) is 4. The molecule has 0 saturated carbocycles. The lowest BCUT2D eigenvalue weighted by atomic mass is 10.1. The molecular weight excluding hydrogens is 381 g/mol. The number of fused-ring (bicyclic) bond motifs is 1. The van der Waals surface area contributed by atoms with Gasteiger partial charge in [-0.3, -0.25) is 0 Å². The van der Waals surface area contributed by atoms with Crippen LogP contribution in [-0.2, 0) is 33.2 Å². The van der Waals surface area contributed by atoms with Gasteiger partial charge in [-0.15, -0.1) is 0 Å². The minimum atomic E-state index is -5.86. The Morgan fingerprint density at radius 3 is 2.46 bits per heavy atom. The van der Waals surface area contributed by atoms with E-state index in [1.807, 2.05) is 0 Å². The van der Waals surface area contributed by atoms with E-state index in [1.54, 1.807) is 30.3 Å². The highest BCUT2D eigenvalue weighted by Gasteiger charge is 2.51. The second kappa shape index (κ2) is 7.16. The van der Waals surface area contributed by atoms with Crippen LogP contribution in [0.3, 0.4) is 0 Å². The van der Waals surface area contributed by atoms with Gasteiger partial charge in [-0.1, -0.05) is 30.3 Å². The van der Waals surface area contributed by atoms with Crippen LogP contribution in [0.4, 0.5) is 13.2 Å². The number of benzene rings is 1. The van der Waals surface area contributed by atoms with E-state index in [0.717, 1.165) is 6.08 Å². The molecule has 0 N–H and O–H groups in total. The van der Waals surface area contributed by atoms with Gasteiger partial charge < -0.3 is 23.1 Å². The van der Waals surface area contributed by atoms with E-state index in [1.165, 1.54) is 7.11 Å². The van der Waals surface area contributed by atoms with E-state index in [0.29, 0.717) is 5.56 Å². The minimum Gasteiger partial charge on any atom is -0.378 e. The molecule has 1 saturated heterocycles. The fourth-order valence-corrected chi connectivity index (χ4v) is 2.99. The largest absolute Gasteiger partial charge is 0.534 e. The molecule has 3 rings (SSSR count). The number of alkyl halides is 3. The van der Waals surface area contributed by atoms with Gasteiger partial charge in [0.1, 0.15) is 12.2 Å². The standard InChI is InChI=1S/C15H15F3O7S/c1-21-12-7-10(25-26(19,20)15(16,17)18)13-11(23-12)8-22-14(24-13)9-5-3-2-4-6-9/h2-7,11-14H,8H2,1H3/t11-,12+,13+,14?/m1/s1. The lowest BCUT2D eigenvalue weighted by molar-refractivity contribution is -0.289. The molecule has 2 aliphatic rings. The van der Waals surface area contributed by atoms with Gasteiger partial charge in [0, 0.05) is 18.7 Å². The first-order chi connectivity index (χ1) is 12.2. The van der Waals surface area contributed by atoms with Crippen molar-refractivity contribution < 1.29 is 44.7 Å². The van der Waals surface area contributed by atoms with Crippen molar-refractivity contribution in [3.63, 3.8) is 0 Å². The summed E-state index contributed by atoms with van der Waals surface area (Å²) in [6, 6.07) is 8.63. The average molecular weight is 396 g/mol. The summed E-state index contributed by atoms with van der Waals surface area (Å²) in [4.78, 5) is 0. The molecule has 1 unspecified atom stereocenters. The number of halogens is 3. The van der Waals surface area contributed by atoms with Crippen molar-refractivity contribution in [2.45, 2.75) is 30.3 Å². The highest BCUT2D eigenvalue weighted by Crippen LogP contribution is 2.37. The van der Waals surface area contributed by atoms with Gasteiger partial charge in [0.05, 0.1) is 6.61 Å². The molecule has 7 nitrogen and oxygen atoms in total. The maximum absolute atomic E-state index is 12.7. The predicted molar refractivity (Wildman–Crippen MR) is 79.8 cm³/mol. The van der Waals surface area contributed by atoms with Crippen LogP contribution in [0, 0.1) is 0 Å². The number of methoxy groups -OCH3 is 1. The Kier molecular flexibility index (Phi) is 5.26. The summed E-state index contributed by atoms with van der Waals surface area (Å²) in [6.07, 6.45) is -3.14. The predicted octanol–water partition coefficient (Wildman–Crippen LogP) is 2.22. The molecule has 0 radical (unpaired) electrons. The first-order valence-electron chi connectivity index (χ1n) is 7.44. The number of hydrogen-bond acceptors (Lipinski definition) is 7. The topological polar surface area (TPSA) is 80.3 Å². The molecule has 2 aliphatic heterocycles. The summed E-state index contributed by atoms with van der Waals surface area (Å²) in [6.45, 7) is -0.0587. The van der Waals surface area contributed by atoms with Gasteiger partial charge in [-0.05, 0) is 0 Å². The maximum Gasteiger partial charge on any atom is 0.534 e. The van der Waals surface area contributed by atoms with Crippen LogP contribution in [-0.4, -0.2) is 46.1 Å². The molecule has 1 aromatic carbocycles. The fraction of sp³-hybridized carbons (Fsp3) is 0.467. The summed E-state index contributed by atoms with van der Waals surface area (Å²) in [5, 5.41) is 0. The van der Waals surface area contributed by atoms with E-state index in [2.05, 4.69) is 4.18 Å². The van der Waals surface area contributed by atoms with Crippen LogP contribution in [0.5, 0.6) is 0 Å². The van der Waals surface area contributed by atoms with Crippen molar-refractivity contribution in [2.24, 2.45) is 0 Å². The molecular formula is C15H15F3O7S. The number of hydrogen-bond donors (Lipinski definition) is 0. The van der Waals surface area contributed by atoms with Crippen molar-refractivity contribution in [1.29, 1.82) is 0 Å². The molecule has 0 bridgehead atoms. The minimum absolute atomic E-state index is 0.0587. The van der Waals surface area contributed by atoms with Gasteiger partial charge in [-0.2, -0.15) is 21.6 Å². The Balaban J connectivity index is 1.87. The molecule has 0 aliphatic carbocycles. The SMILES string of the molecule is CO[C@@H]1C=C(OS(=O)(=O)C(F)(F)F)[C@@H]2OC(c3ccccc3)OC[C@H]2O1. The van der Waals surface area contributed by atoms with E-state index in [4.69, 9.17) is 18.9 Å². The molecule has 26 heavy (non-hydrogen) atoms. The molecule has 2 heterocycles. The third-order valence-corrected chi connectivity index (χ3v) is 4.68. The summed E-state index contributed by atoms with van der Waals surface area (Å²) in [5.41, 5.74) is -4.97. The zero-order valence-corrected chi connectivity index (χ0v) is 14.2. The van der Waals surface area contributed by atoms with Crippen LogP contribution < -0.4 is 0 Å². The van der Waals surface area contributed by atoms with Crippen LogP contribution in [0.25, 0.3) is 0 Å². The van der Waals surface area contributed by atoms with Crippen molar-refractivity contribution in [3.8, 4) is 0 Å². The zero-order valence-electron chi connectivity index (χ0n) is 13.4. The van der Waals surface area contributed by atoms with Crippen molar-refractivity contribution in [1.82, 2.24) is 0 Å². The van der Waals surface area contributed by atoms with Gasteiger partial charge >= 0.3 is 15.6 Å². The Labute approximate surface area is 147 Å². The normalized spacial score (nSPS) is 29.6. The Hall–Kier alpha value is -1.66. The Morgan fingerprint density at radius 2 is 1.85 bits per heavy atom. The smallest absolute Gasteiger partial charge is 0.378 e. The molecule has 1 fully saturated rings. The quantitative estimate of drug-likeness (QED) is 0.570. The third kappa shape index (κ3) is 3.86. The van der Waals surface area contributed by atoms with Gasteiger partial charge in [-0.25, -0.2) is 0 Å². The molecule has 0 aromatic heterocycles. The van der Waals surface area contributed by atoms with Gasteiger partial charge in [0.15, 0.2) is 18.3 Å². The average Bonchev–Trinajstić information content (AvgIpc) is 2.60. The molecule has 0 amide bonds. The first kappa shape index (κ1) is 19.1. The first-order valence-corrected chi connectivity index (χ1v) is 8.85. The van der Waals surface area contributed by atoms with E-state index < -0.39 is 46.2 Å². The van der Waals surface area contributed by atoms with Crippen LogP contribution in [0.1, 0.15) is 11.9 Å². The lowest BCUT2D eigenvalue weighted by Gasteiger charge is -2.40. The van der Waals surface area contributed by atoms with Gasteiger partial charge in [0.25, 0.3) is 0 Å². The summed E-state index contributed by atoms with van der Waals surface area (Å²) in [7, 11) is -4.62. The second-order valence-corrected chi connectivity index (χ2v) is 7.00. The van der Waals surface area contributed by atoms with E-state index in [9.17, 15) is 21.6 Å². The zero-order chi connectivity index (χ0) is 18.9. The van der Waals surface area contributed by atoms with Crippen LogP contribution in [0.2, 0.25) is 0 Å². The Bertz CT molecular complexity index is 763. The van der Waals surface area contributed by atoms with Crippen molar-refractivity contribution in [3.05, 3.63) is 47.7 Å². The summed E-state index contributed by atoms with van der Waals surface area (Å²) >= 11 is 0. The van der Waals surface area contributed by atoms with Crippen molar-refractivity contribution in [2.75, 3.05) is 13.7 Å². The monoisotopic (exact) mass is 396 g/mol. The summed E-state index contributed by atoms with van der Waals surface area (Å²) < 4.78 is 86.6. The number of rotatable bonds is 4. The Morgan fingerprint density at radius 1 is 1.15 bits per heavy atom. The van der Waals surface area contributed by atoms with Crippen LogP contribution in [0.15, 0.2) is 42.2 Å². The van der Waals surface area contributed by atoms with Crippen molar-refractivity contribution >= 4 is 10.1 Å². The molecule has 1 aromatic rings.